The summed E-state index contributed by atoms with van der Waals surface area (Å²) in [6.07, 6.45) is 0.609. The first kappa shape index (κ1) is 13.1. The maximum Gasteiger partial charge on any atom is 0.309 e. The Balaban J connectivity index is 2.00. The van der Waals surface area contributed by atoms with Crippen molar-refractivity contribution in [2.75, 3.05) is 0 Å². The smallest absolute Gasteiger partial charge is 0.309 e. The molecule has 3 fully saturated rings. The van der Waals surface area contributed by atoms with Crippen LogP contribution in [-0.4, -0.2) is 34.5 Å². The Hall–Kier alpha value is -0.870. The Morgan fingerprint density at radius 1 is 1.42 bits per heavy atom. The molecule has 1 heterocycles. The Kier molecular flexibility index (Phi) is 2.81. The van der Waals surface area contributed by atoms with Gasteiger partial charge in [-0.1, -0.05) is 20.4 Å². The topological polar surface area (TPSA) is 66.8 Å². The predicted molar refractivity (Wildman–Crippen MR) is 69.1 cm³/mol. The van der Waals surface area contributed by atoms with Crippen molar-refractivity contribution in [2.45, 2.75) is 51.4 Å². The van der Waals surface area contributed by atoms with Crippen molar-refractivity contribution in [1.29, 1.82) is 0 Å². The second kappa shape index (κ2) is 4.06. The van der Waals surface area contributed by atoms with Crippen LogP contribution in [0.1, 0.15) is 33.1 Å². The molecule has 1 saturated heterocycles. The molecule has 0 radical (unpaired) electrons. The van der Waals surface area contributed by atoms with Crippen LogP contribution in [0.2, 0.25) is 0 Å². The van der Waals surface area contributed by atoms with Crippen molar-refractivity contribution in [3.05, 3.63) is 12.2 Å². The first-order valence-electron chi connectivity index (χ1n) is 7.11. The summed E-state index contributed by atoms with van der Waals surface area (Å²) in [6.45, 7) is 7.96. The lowest BCUT2D eigenvalue weighted by atomic mass is 9.53. The van der Waals surface area contributed by atoms with E-state index < -0.39 is 12.2 Å². The van der Waals surface area contributed by atoms with E-state index in [1.54, 1.807) is 0 Å². The maximum atomic E-state index is 11.8. The van der Waals surface area contributed by atoms with Gasteiger partial charge in [-0.2, -0.15) is 0 Å². The molecule has 0 aromatic carbocycles. The molecule has 7 atom stereocenters. The van der Waals surface area contributed by atoms with Gasteiger partial charge < -0.3 is 14.9 Å². The van der Waals surface area contributed by atoms with Gasteiger partial charge in [0, 0.05) is 23.7 Å². The van der Waals surface area contributed by atoms with Crippen molar-refractivity contribution in [2.24, 2.45) is 23.2 Å². The van der Waals surface area contributed by atoms with Gasteiger partial charge in [0.15, 0.2) is 0 Å². The van der Waals surface area contributed by atoms with Crippen LogP contribution in [0.5, 0.6) is 0 Å². The number of rotatable bonds is 0. The zero-order chi connectivity index (χ0) is 13.9. The van der Waals surface area contributed by atoms with Gasteiger partial charge >= 0.3 is 5.97 Å². The minimum absolute atomic E-state index is 0.0847. The fourth-order valence-electron chi connectivity index (χ4n) is 4.37. The molecule has 2 saturated carbocycles. The van der Waals surface area contributed by atoms with Gasteiger partial charge in [0.05, 0.1) is 18.1 Å². The molecule has 19 heavy (non-hydrogen) atoms. The second-order valence-electron chi connectivity index (χ2n) is 6.72. The van der Waals surface area contributed by atoms with E-state index in [1.165, 1.54) is 0 Å². The summed E-state index contributed by atoms with van der Waals surface area (Å²) in [5.74, 6) is -0.168. The summed E-state index contributed by atoms with van der Waals surface area (Å²) in [6, 6.07) is 0. The zero-order valence-corrected chi connectivity index (χ0v) is 11.5. The van der Waals surface area contributed by atoms with E-state index in [1.807, 2.05) is 13.8 Å². The lowest BCUT2D eigenvalue weighted by Gasteiger charge is -2.54. The van der Waals surface area contributed by atoms with Crippen molar-refractivity contribution < 1.29 is 19.7 Å². The molecule has 1 aliphatic heterocycles. The summed E-state index contributed by atoms with van der Waals surface area (Å²) in [7, 11) is 0. The minimum atomic E-state index is -0.693. The molecule has 0 bridgehead atoms. The summed E-state index contributed by atoms with van der Waals surface area (Å²) >= 11 is 0. The standard InChI is InChI=1S/C15H22O4/c1-7-9-4-5-15(3)11(17)6-10(16)8(2)12(15)13(9)19-14(7)18/h7,9-13,16-17H,2,4-6H2,1,3H3/t7-,9-,10+,11+,12+,13-,15-/m0/s1. The number of carbonyl (C=O) groups excluding carboxylic acids is 1. The highest BCUT2D eigenvalue weighted by atomic mass is 16.6. The van der Waals surface area contributed by atoms with E-state index in [9.17, 15) is 15.0 Å². The number of ether oxygens (including phenoxy) is 1. The molecule has 2 N–H and O–H groups in total. The molecule has 3 aliphatic rings. The van der Waals surface area contributed by atoms with Gasteiger partial charge in [-0.25, -0.2) is 0 Å². The third kappa shape index (κ3) is 1.62. The van der Waals surface area contributed by atoms with Crippen LogP contribution in [-0.2, 0) is 9.53 Å². The summed E-state index contributed by atoms with van der Waals surface area (Å²) in [5.41, 5.74) is 0.395. The molecule has 0 unspecified atom stereocenters. The van der Waals surface area contributed by atoms with E-state index in [4.69, 9.17) is 4.74 Å². The molecule has 3 rings (SSSR count). The Morgan fingerprint density at radius 3 is 2.79 bits per heavy atom. The number of esters is 1. The highest BCUT2D eigenvalue weighted by Crippen LogP contribution is 2.57. The van der Waals surface area contributed by atoms with Crippen molar-refractivity contribution >= 4 is 5.97 Å². The lowest BCUT2D eigenvalue weighted by Crippen LogP contribution is -2.56. The molecule has 0 aromatic rings. The number of hydrogen-bond acceptors (Lipinski definition) is 4. The largest absolute Gasteiger partial charge is 0.461 e. The van der Waals surface area contributed by atoms with Crippen LogP contribution in [0.4, 0.5) is 0 Å². The van der Waals surface area contributed by atoms with Crippen LogP contribution in [0.3, 0.4) is 0 Å². The number of aliphatic hydroxyl groups is 2. The summed E-state index contributed by atoms with van der Waals surface area (Å²) in [4.78, 5) is 11.8. The molecule has 0 aromatic heterocycles. The first-order valence-corrected chi connectivity index (χ1v) is 7.11. The maximum absolute atomic E-state index is 11.8. The van der Waals surface area contributed by atoms with Gasteiger partial charge in [-0.05, 0) is 18.4 Å². The van der Waals surface area contributed by atoms with Crippen LogP contribution in [0.15, 0.2) is 12.2 Å². The van der Waals surface area contributed by atoms with Gasteiger partial charge in [-0.3, -0.25) is 4.79 Å². The molecule has 4 nitrogen and oxygen atoms in total. The summed E-state index contributed by atoms with van der Waals surface area (Å²) < 4.78 is 5.56. The van der Waals surface area contributed by atoms with Gasteiger partial charge in [0.25, 0.3) is 0 Å². The summed E-state index contributed by atoms with van der Waals surface area (Å²) in [5, 5.41) is 20.4. The minimum Gasteiger partial charge on any atom is -0.461 e. The van der Waals surface area contributed by atoms with Gasteiger partial charge in [0.1, 0.15) is 6.10 Å². The number of carbonyl (C=O) groups is 1. The molecule has 106 valence electrons. The van der Waals surface area contributed by atoms with E-state index in [0.717, 1.165) is 18.4 Å². The molecule has 2 aliphatic carbocycles. The fraction of sp³-hybridized carbons (Fsp3) is 0.800. The number of fused-ring (bicyclic) bond motifs is 3. The van der Waals surface area contributed by atoms with Crippen LogP contribution in [0.25, 0.3) is 0 Å². The molecule has 0 spiro atoms. The van der Waals surface area contributed by atoms with Crippen LogP contribution < -0.4 is 0 Å². The third-order valence-electron chi connectivity index (χ3n) is 5.78. The Labute approximate surface area is 113 Å². The molecule has 4 heteroatoms. The first-order chi connectivity index (χ1) is 8.86. The van der Waals surface area contributed by atoms with Crippen molar-refractivity contribution in [3.8, 4) is 0 Å². The van der Waals surface area contributed by atoms with Crippen LogP contribution >= 0.6 is 0 Å². The van der Waals surface area contributed by atoms with Crippen molar-refractivity contribution in [1.82, 2.24) is 0 Å². The highest BCUT2D eigenvalue weighted by Gasteiger charge is 2.60. The third-order valence-corrected chi connectivity index (χ3v) is 5.78. The lowest BCUT2D eigenvalue weighted by molar-refractivity contribution is -0.155. The predicted octanol–water partition coefficient (Wildman–Crippen LogP) is 1.26. The van der Waals surface area contributed by atoms with Crippen molar-refractivity contribution in [3.63, 3.8) is 0 Å². The van der Waals surface area contributed by atoms with E-state index in [-0.39, 0.29) is 35.2 Å². The molecule has 0 amide bonds. The van der Waals surface area contributed by atoms with Gasteiger partial charge in [0.2, 0.25) is 0 Å². The Bertz CT molecular complexity index is 432. The van der Waals surface area contributed by atoms with E-state index in [2.05, 4.69) is 6.58 Å². The quantitative estimate of drug-likeness (QED) is 0.512. The average Bonchev–Trinajstić information content (AvgIpc) is 2.63. The highest BCUT2D eigenvalue weighted by molar-refractivity contribution is 5.75. The monoisotopic (exact) mass is 266 g/mol. The Morgan fingerprint density at radius 2 is 2.11 bits per heavy atom. The zero-order valence-electron chi connectivity index (χ0n) is 11.5. The average molecular weight is 266 g/mol. The SMILES string of the molecule is C=C1[C@H](O)C[C@@H](O)[C@]2(C)CC[C@@H]3[C@H](OC(=O)[C@H]3C)[C@@H]12. The van der Waals surface area contributed by atoms with Gasteiger partial charge in [-0.15, -0.1) is 0 Å². The molecular formula is C15H22O4. The van der Waals surface area contributed by atoms with E-state index in [0.29, 0.717) is 6.42 Å². The van der Waals surface area contributed by atoms with E-state index >= 15 is 0 Å². The second-order valence-corrected chi connectivity index (χ2v) is 6.72. The number of hydrogen-bond donors (Lipinski definition) is 2. The van der Waals surface area contributed by atoms with Crippen LogP contribution in [0, 0.1) is 23.2 Å². The normalized spacial score (nSPS) is 53.5. The molecular weight excluding hydrogens is 244 g/mol. The fourth-order valence-corrected chi connectivity index (χ4v) is 4.37. The number of aliphatic hydroxyl groups excluding tert-OH is 2.